The van der Waals surface area contributed by atoms with E-state index in [1.165, 1.54) is 48.1 Å². The number of aliphatic hydroxyl groups excluding tert-OH is 2. The average Bonchev–Trinajstić information content (AvgIpc) is 3.34. The van der Waals surface area contributed by atoms with Crippen LogP contribution in [-0.4, -0.2) is 149 Å². The molecular weight excluding hydrogens is 1220 g/mol. The molecule has 468 valence electrons. The second-order valence-electron chi connectivity index (χ2n) is 27.3. The van der Waals surface area contributed by atoms with E-state index in [1.54, 1.807) is 16.1 Å². The van der Waals surface area contributed by atoms with Crippen molar-refractivity contribution in [2.24, 2.45) is 0 Å². The Morgan fingerprint density at radius 2 is 0.852 bits per heavy atom. The summed E-state index contributed by atoms with van der Waals surface area (Å²) in [5.41, 5.74) is 4.97. The van der Waals surface area contributed by atoms with Crippen molar-refractivity contribution >= 4 is 133 Å². The second-order valence-corrected chi connectivity index (χ2v) is 71.1. The summed E-state index contributed by atoms with van der Waals surface area (Å²) in [6.07, 6.45) is 6.33. The fourth-order valence-electron chi connectivity index (χ4n) is 11.0. The molecule has 0 aliphatic carbocycles. The zero-order valence-electron chi connectivity index (χ0n) is 56.2. The summed E-state index contributed by atoms with van der Waals surface area (Å²) in [5, 5.41) is 17.1. The van der Waals surface area contributed by atoms with Crippen LogP contribution >= 0.6 is 24.4 Å². The van der Waals surface area contributed by atoms with Crippen LogP contribution in [0.4, 0.5) is 0 Å². The molecule has 0 amide bonds. The number of nitrogens with one attached hydrogen (secondary N) is 1. The van der Waals surface area contributed by atoms with Gasteiger partial charge in [-0.1, -0.05) is 107 Å². The Morgan fingerprint density at radius 3 is 1.14 bits per heavy atom. The predicted molar refractivity (Wildman–Crippen MR) is 391 cm³/mol. The molecule has 0 saturated carbocycles. The first-order valence-corrected chi connectivity index (χ1v) is 62.7. The molecule has 9 nitrogen and oxygen atoms in total. The van der Waals surface area contributed by atoms with Crippen LogP contribution in [-0.2, 0) is 24.7 Å². The monoisotopic (exact) mass is 1350 g/mol. The van der Waals surface area contributed by atoms with Gasteiger partial charge < -0.3 is 34.9 Å². The van der Waals surface area contributed by atoms with Gasteiger partial charge in [-0.3, -0.25) is 0 Å². The Morgan fingerprint density at radius 1 is 0.506 bits per heavy atom. The normalized spacial score (nSPS) is 16.1. The molecule has 0 saturated heterocycles. The molecule has 0 aliphatic rings. The van der Waals surface area contributed by atoms with Crippen LogP contribution in [0.25, 0.3) is 0 Å². The van der Waals surface area contributed by atoms with Gasteiger partial charge in [0.1, 0.15) is 0 Å². The second kappa shape index (κ2) is 42.2. The number of rotatable bonds is 39. The van der Waals surface area contributed by atoms with E-state index in [9.17, 15) is 0 Å². The van der Waals surface area contributed by atoms with Gasteiger partial charge in [0.2, 0.25) is 0 Å². The summed E-state index contributed by atoms with van der Waals surface area (Å²) in [6.45, 7) is 56.4. The molecule has 81 heavy (non-hydrogen) atoms. The third-order valence-corrected chi connectivity index (χ3v) is 54.7. The van der Waals surface area contributed by atoms with E-state index in [2.05, 4.69) is 231 Å². The quantitative estimate of drug-likeness (QED) is 0.0295. The van der Waals surface area contributed by atoms with Crippen molar-refractivity contribution in [3.63, 3.8) is 0 Å². The fourth-order valence-corrected chi connectivity index (χ4v) is 64.1. The van der Waals surface area contributed by atoms with Crippen LogP contribution in [0.5, 0.6) is 0 Å². The molecule has 6 unspecified atom stereocenters. The van der Waals surface area contributed by atoms with Gasteiger partial charge in [0.15, 0.2) is 66.5 Å². The van der Waals surface area contributed by atoms with Crippen molar-refractivity contribution in [3.8, 4) is 0 Å². The van der Waals surface area contributed by atoms with Crippen LogP contribution < -0.4 is 0 Å². The van der Waals surface area contributed by atoms with Crippen molar-refractivity contribution in [1.29, 1.82) is 4.35 Å². The van der Waals surface area contributed by atoms with Gasteiger partial charge >= 0.3 is 37.6 Å². The Bertz CT molecular complexity index is 1920. The number of aliphatic hydroxyl groups is 2. The molecule has 23 heteroatoms. The molecular formula is C58H125AlBNO8S2Si10. The average molecular weight is 1350 g/mol. The van der Waals surface area contributed by atoms with E-state index in [0.717, 1.165) is 73.2 Å². The van der Waals surface area contributed by atoms with Crippen LogP contribution in [0.15, 0.2) is 72.9 Å². The molecule has 3 N–H and O–H groups in total. The minimum atomic E-state index is -2.41. The number of thiol groups is 1. The molecule has 0 heterocycles. The first kappa shape index (κ1) is 86.3. The Labute approximate surface area is 532 Å². The van der Waals surface area contributed by atoms with E-state index >= 15 is 0 Å². The number of thioether (sulfide) groups is 1. The fraction of sp³-hybridized carbons (Fsp3) is 0.759. The topological polar surface area (TPSA) is 120 Å². The van der Waals surface area contributed by atoms with Crippen molar-refractivity contribution in [2.45, 2.75) is 250 Å². The van der Waals surface area contributed by atoms with E-state index < -0.39 is 83.7 Å². The van der Waals surface area contributed by atoms with Gasteiger partial charge in [0, 0.05) is 21.6 Å². The van der Waals surface area contributed by atoms with Crippen molar-refractivity contribution in [2.75, 3.05) is 30.5 Å². The van der Waals surface area contributed by atoms with Gasteiger partial charge in [-0.25, -0.2) is 0 Å². The number of hydrogen-bond donors (Lipinski definition) is 4. The maximum atomic E-state index is 9.12. The van der Waals surface area contributed by atoms with E-state index in [0.29, 0.717) is 11.8 Å². The third kappa shape index (κ3) is 41.9. The maximum absolute atomic E-state index is 9.12. The van der Waals surface area contributed by atoms with E-state index in [1.807, 2.05) is 11.8 Å². The molecule has 0 bridgehead atoms. The van der Waals surface area contributed by atoms with E-state index in [4.69, 9.17) is 39.2 Å². The molecule has 0 aromatic heterocycles. The zero-order valence-corrected chi connectivity index (χ0v) is 69.1. The summed E-state index contributed by atoms with van der Waals surface area (Å²) in [4.78, 5) is 0. The third-order valence-electron chi connectivity index (χ3n) is 14.0. The minimum absolute atomic E-state index is 0. The predicted octanol–water partition coefficient (Wildman–Crippen LogP) is 18.7. The van der Waals surface area contributed by atoms with Gasteiger partial charge in [-0.05, 0) is 238 Å². The Hall–Kier alpha value is 1.13. The van der Waals surface area contributed by atoms with Crippen molar-refractivity contribution < 1.29 is 34.9 Å². The molecule has 0 aliphatic heterocycles. The molecule has 0 spiro atoms. The van der Waals surface area contributed by atoms with Crippen LogP contribution in [0.2, 0.25) is 172 Å². The number of hydrogen-bond acceptors (Lipinski definition) is 11. The molecule has 2 aromatic rings. The molecule has 0 fully saturated rings. The standard InChI is InChI=1S/C29H62O4SSi5.C26H54O3Si5.C3H8OS.Al.B.HN/c1-12-23-36(6,7)32-39(11,33-37(8,9)24-22-34-21-17-20-30)26-25-38(10,31-35(3,4)5)27-28(13-2)29-18-15-14-16-19-29;1-13-21-32(9,10)29-34(12,28-31(7,8)15-3)23-22-33(11,27-30(4,5)6)24-25(14-2)26-19-17-16-18-20-26;4-2-1-3-5;;;/h14-16,18-19,28,30H,12-13,17,20-27H2,1-11H3;15-20,25H,3,13-14,21-24H2,1-2,4-12H3;4-5H,1-3H2;;;1H. The summed E-state index contributed by atoms with van der Waals surface area (Å²) < 4.78 is 48.4. The number of benzene rings is 2. The summed E-state index contributed by atoms with van der Waals surface area (Å²) in [5.74, 6) is 4.02. The summed E-state index contributed by atoms with van der Waals surface area (Å²) >= 11 is 7.46. The summed E-state index contributed by atoms with van der Waals surface area (Å²) in [6, 6.07) is 32.3. The SMILES string of the molecule is C=C[Si](C)(C)O[Si](C)(CC[Si](C)(CC(CC)c1ccccc1)O[Si](C)(C)C)O[Si](C)(C)CCC.CCC[Si](C)(C)O[Si](C)(CC[Si](C)(CC(CC)c1ccccc1)O[Si](C)(C)C)O[Si](C)(C)CCSCCCO.OCCCS.[B].[NH]=[Al]. The molecule has 6 atom stereocenters. The molecule has 4 radical (unpaired) electrons. The van der Waals surface area contributed by atoms with E-state index in [-0.39, 0.29) is 21.6 Å². The first-order valence-electron chi connectivity index (χ1n) is 30.5. The van der Waals surface area contributed by atoms with Crippen molar-refractivity contribution in [3.05, 3.63) is 84.1 Å². The van der Waals surface area contributed by atoms with Gasteiger partial charge in [0.05, 0.1) is 0 Å². The van der Waals surface area contributed by atoms with Crippen LogP contribution in [0.3, 0.4) is 0 Å². The molecule has 2 aromatic carbocycles. The molecule has 2 rings (SSSR count). The van der Waals surface area contributed by atoms with Gasteiger partial charge in [0.25, 0.3) is 0 Å². The van der Waals surface area contributed by atoms with Gasteiger partial charge in [-0.15, -0.1) is 6.58 Å². The van der Waals surface area contributed by atoms with Crippen LogP contribution in [0, 0.1) is 4.35 Å². The van der Waals surface area contributed by atoms with Crippen molar-refractivity contribution in [1.82, 2.24) is 0 Å². The Kier molecular flexibility index (Phi) is 45.0. The van der Waals surface area contributed by atoms with Gasteiger partial charge in [-0.2, -0.15) is 24.4 Å². The van der Waals surface area contributed by atoms with Crippen LogP contribution in [0.1, 0.15) is 89.2 Å². The first-order chi connectivity index (χ1) is 36.9. The zero-order chi connectivity index (χ0) is 62.2. The summed E-state index contributed by atoms with van der Waals surface area (Å²) in [7, 11) is -19.7. The Balaban J connectivity index is -0.00000134.